The molecule has 6 rings (SSSR count). The van der Waals surface area contributed by atoms with Gasteiger partial charge in [-0.2, -0.15) is 0 Å². The molecule has 0 saturated carbocycles. The quantitative estimate of drug-likeness (QED) is 0.397. The van der Waals surface area contributed by atoms with E-state index in [1.54, 1.807) is 30.3 Å². The fourth-order valence-corrected chi connectivity index (χ4v) is 5.01. The van der Waals surface area contributed by atoms with Crippen molar-refractivity contribution in [3.63, 3.8) is 0 Å². The van der Waals surface area contributed by atoms with Gasteiger partial charge in [0.25, 0.3) is 0 Å². The molecule has 1 N–H and O–H groups in total. The molecule has 1 amide bonds. The van der Waals surface area contributed by atoms with Gasteiger partial charge < -0.3 is 28.8 Å². The Kier molecular flexibility index (Phi) is 6.03. The number of nitrogens with one attached hydrogen (secondary N) is 1. The number of aromatic nitrogens is 3. The van der Waals surface area contributed by atoms with Crippen LogP contribution in [-0.2, 0) is 9.53 Å². The first-order valence-corrected chi connectivity index (χ1v) is 12.3. The van der Waals surface area contributed by atoms with E-state index in [1.807, 2.05) is 11.8 Å². The summed E-state index contributed by atoms with van der Waals surface area (Å²) >= 11 is 0. The molecular formula is C27H27FN4O5. The Labute approximate surface area is 212 Å². The topological polar surface area (TPSA) is 98.8 Å². The van der Waals surface area contributed by atoms with Crippen molar-refractivity contribution < 1.29 is 28.1 Å². The van der Waals surface area contributed by atoms with Crippen molar-refractivity contribution in [3.05, 3.63) is 48.2 Å². The molecule has 9 nitrogen and oxygen atoms in total. The van der Waals surface area contributed by atoms with E-state index in [2.05, 4.69) is 15.0 Å². The van der Waals surface area contributed by atoms with Crippen LogP contribution in [-0.4, -0.2) is 65.3 Å². The second kappa shape index (κ2) is 9.51. The Bertz CT molecular complexity index is 1490. The molecule has 2 aromatic carbocycles. The van der Waals surface area contributed by atoms with E-state index in [9.17, 15) is 4.79 Å². The van der Waals surface area contributed by atoms with E-state index < -0.39 is 5.82 Å². The van der Waals surface area contributed by atoms with Crippen LogP contribution in [0, 0.1) is 18.7 Å². The number of methoxy groups -OCH3 is 1. The summed E-state index contributed by atoms with van der Waals surface area (Å²) in [4.78, 5) is 26.2. The first-order chi connectivity index (χ1) is 18.0. The second-order valence-corrected chi connectivity index (χ2v) is 9.45. The number of H-pyrrole nitrogens is 1. The molecule has 0 aliphatic carbocycles. The van der Waals surface area contributed by atoms with E-state index in [4.69, 9.17) is 18.9 Å². The van der Waals surface area contributed by atoms with Crippen LogP contribution in [0.5, 0.6) is 23.1 Å². The fraction of sp³-hybridized carbons (Fsp3) is 0.370. The number of piperidine rings is 1. The summed E-state index contributed by atoms with van der Waals surface area (Å²) in [6.45, 7) is 4.28. The number of aryl methyl sites for hydroxylation is 1. The summed E-state index contributed by atoms with van der Waals surface area (Å²) in [5, 5.41) is 0.986. The minimum absolute atomic E-state index is 0.0572. The van der Waals surface area contributed by atoms with Gasteiger partial charge in [-0.1, -0.05) is 0 Å². The summed E-state index contributed by atoms with van der Waals surface area (Å²) in [5.41, 5.74) is 2.09. The van der Waals surface area contributed by atoms with Gasteiger partial charge in [-0.15, -0.1) is 0 Å². The van der Waals surface area contributed by atoms with Gasteiger partial charge in [-0.05, 0) is 37.6 Å². The van der Waals surface area contributed by atoms with Crippen molar-refractivity contribution in [1.29, 1.82) is 0 Å². The van der Waals surface area contributed by atoms with Crippen LogP contribution in [0.2, 0.25) is 0 Å². The highest BCUT2D eigenvalue weighted by molar-refractivity contribution is 5.87. The lowest BCUT2D eigenvalue weighted by Gasteiger charge is -2.45. The summed E-state index contributed by atoms with van der Waals surface area (Å²) in [7, 11) is 1.52. The van der Waals surface area contributed by atoms with Gasteiger partial charge in [0.05, 0.1) is 43.8 Å². The highest BCUT2D eigenvalue weighted by atomic mass is 19.1. The van der Waals surface area contributed by atoms with E-state index in [-0.39, 0.29) is 30.6 Å². The Morgan fingerprint density at radius 3 is 2.86 bits per heavy atom. The number of fused-ring (bicyclic) bond motifs is 3. The summed E-state index contributed by atoms with van der Waals surface area (Å²) in [6.07, 6.45) is 2.82. The molecule has 2 aliphatic rings. The highest BCUT2D eigenvalue weighted by Crippen LogP contribution is 2.37. The van der Waals surface area contributed by atoms with Gasteiger partial charge in [0, 0.05) is 41.7 Å². The largest absolute Gasteiger partial charge is 0.493 e. The molecule has 0 radical (unpaired) electrons. The number of halogens is 1. The second-order valence-electron chi connectivity index (χ2n) is 9.45. The van der Waals surface area contributed by atoms with Crippen LogP contribution in [0.15, 0.2) is 36.7 Å². The Morgan fingerprint density at radius 1 is 1.19 bits per heavy atom. The molecule has 2 fully saturated rings. The fourth-order valence-electron chi connectivity index (χ4n) is 5.01. The van der Waals surface area contributed by atoms with Crippen LogP contribution >= 0.6 is 0 Å². The number of carbonyl (C=O) groups excluding carboxylic acids is 1. The number of carbonyl (C=O) groups is 1. The standard InChI is InChI=1S/C27H27FN4O5/c1-15-9-17-19(31-15)3-4-22(26(17)28)37-27-18-10-23(34-2)24(11-20(18)29-14-30-27)35-8-6-25(33)32-7-5-21-16(12-32)13-36-21/h3-4,9-11,14,16,21,31H,5-8,12-13H2,1-2H3. The number of nitrogens with zero attached hydrogens (tertiary/aromatic N) is 3. The van der Waals surface area contributed by atoms with Crippen molar-refractivity contribution in [1.82, 2.24) is 19.9 Å². The van der Waals surface area contributed by atoms with Crippen molar-refractivity contribution in [3.8, 4) is 23.1 Å². The predicted octanol–water partition coefficient (Wildman–Crippen LogP) is 4.38. The van der Waals surface area contributed by atoms with Crippen LogP contribution in [0.1, 0.15) is 18.5 Å². The van der Waals surface area contributed by atoms with Gasteiger partial charge in [0.1, 0.15) is 6.33 Å². The zero-order valence-electron chi connectivity index (χ0n) is 20.6. The minimum atomic E-state index is -0.473. The molecule has 192 valence electrons. The molecule has 2 unspecified atom stereocenters. The van der Waals surface area contributed by atoms with Crippen LogP contribution in [0.25, 0.3) is 21.8 Å². The van der Waals surface area contributed by atoms with Crippen molar-refractivity contribution in [2.75, 3.05) is 33.4 Å². The minimum Gasteiger partial charge on any atom is -0.493 e. The van der Waals surface area contributed by atoms with Crippen LogP contribution in [0.4, 0.5) is 4.39 Å². The Morgan fingerprint density at radius 2 is 2.08 bits per heavy atom. The molecule has 0 bridgehead atoms. The summed E-state index contributed by atoms with van der Waals surface area (Å²) in [5.74, 6) is 1.19. The monoisotopic (exact) mass is 506 g/mol. The third-order valence-electron chi connectivity index (χ3n) is 7.04. The number of likely N-dealkylation sites (tertiary alicyclic amines) is 1. The Hall–Kier alpha value is -3.92. The van der Waals surface area contributed by atoms with Crippen molar-refractivity contribution in [2.45, 2.75) is 25.9 Å². The van der Waals surface area contributed by atoms with Crippen molar-refractivity contribution in [2.24, 2.45) is 5.92 Å². The molecule has 10 heteroatoms. The molecule has 2 aromatic heterocycles. The molecular weight excluding hydrogens is 479 g/mol. The smallest absolute Gasteiger partial charge is 0.230 e. The van der Waals surface area contributed by atoms with Crippen LogP contribution < -0.4 is 14.2 Å². The van der Waals surface area contributed by atoms with Gasteiger partial charge in [0.2, 0.25) is 11.8 Å². The molecule has 37 heavy (non-hydrogen) atoms. The first-order valence-electron chi connectivity index (χ1n) is 12.3. The number of benzene rings is 2. The summed E-state index contributed by atoms with van der Waals surface area (Å²) in [6, 6.07) is 8.46. The lowest BCUT2D eigenvalue weighted by atomic mass is 9.90. The maximum Gasteiger partial charge on any atom is 0.230 e. The van der Waals surface area contributed by atoms with E-state index >= 15 is 4.39 Å². The SMILES string of the molecule is COc1cc2c(Oc3ccc4[nH]c(C)cc4c3F)ncnc2cc1OCCC(=O)N1CCC2OCC2C1. The normalized spacial score (nSPS) is 18.9. The average molecular weight is 507 g/mol. The summed E-state index contributed by atoms with van der Waals surface area (Å²) < 4.78 is 37.9. The van der Waals surface area contributed by atoms with Crippen molar-refractivity contribution >= 4 is 27.7 Å². The zero-order chi connectivity index (χ0) is 25.5. The number of rotatable bonds is 7. The number of hydrogen-bond donors (Lipinski definition) is 1. The third kappa shape index (κ3) is 4.42. The number of amides is 1. The lowest BCUT2D eigenvalue weighted by Crippen LogP contribution is -2.54. The van der Waals surface area contributed by atoms with E-state index in [0.717, 1.165) is 31.8 Å². The number of ether oxygens (including phenoxy) is 4. The number of hydrogen-bond acceptors (Lipinski definition) is 7. The van der Waals surface area contributed by atoms with Gasteiger partial charge in [0.15, 0.2) is 23.1 Å². The third-order valence-corrected chi connectivity index (χ3v) is 7.04. The predicted molar refractivity (Wildman–Crippen MR) is 134 cm³/mol. The molecule has 4 aromatic rings. The maximum absolute atomic E-state index is 15.1. The lowest BCUT2D eigenvalue weighted by molar-refractivity contribution is -0.162. The first kappa shape index (κ1) is 23.5. The van der Waals surface area contributed by atoms with Crippen LogP contribution in [0.3, 0.4) is 0 Å². The molecule has 4 heterocycles. The Balaban J connectivity index is 1.18. The average Bonchev–Trinajstić information content (AvgIpc) is 3.27. The van der Waals surface area contributed by atoms with E-state index in [0.29, 0.717) is 45.3 Å². The van der Waals surface area contributed by atoms with Gasteiger partial charge in [-0.25, -0.2) is 14.4 Å². The van der Waals surface area contributed by atoms with E-state index in [1.165, 1.54) is 13.4 Å². The molecule has 2 atom stereocenters. The van der Waals surface area contributed by atoms with Gasteiger partial charge >= 0.3 is 0 Å². The van der Waals surface area contributed by atoms with Gasteiger partial charge in [-0.3, -0.25) is 4.79 Å². The highest BCUT2D eigenvalue weighted by Gasteiger charge is 2.38. The molecule has 0 spiro atoms. The molecule has 2 aliphatic heterocycles. The maximum atomic E-state index is 15.1. The number of aromatic amines is 1. The zero-order valence-corrected chi connectivity index (χ0v) is 20.6. The molecule has 2 saturated heterocycles.